The number of aromatic nitrogens is 2. The molecule has 7 nitrogen and oxygen atoms in total. The third kappa shape index (κ3) is 3.56. The Morgan fingerprint density at radius 3 is 2.88 bits per heavy atom. The van der Waals surface area contributed by atoms with Crippen LogP contribution >= 0.6 is 0 Å². The Labute approximate surface area is 139 Å². The van der Waals surface area contributed by atoms with Crippen LogP contribution in [-0.2, 0) is 11.3 Å². The average molecular weight is 329 g/mol. The molecule has 2 aromatic rings. The van der Waals surface area contributed by atoms with Crippen molar-refractivity contribution >= 4 is 12.1 Å². The monoisotopic (exact) mass is 329 g/mol. The first-order chi connectivity index (χ1) is 11.6. The second-order valence-corrected chi connectivity index (χ2v) is 5.83. The Bertz CT molecular complexity index is 714. The van der Waals surface area contributed by atoms with Crippen LogP contribution in [-0.4, -0.2) is 45.4 Å². The summed E-state index contributed by atoms with van der Waals surface area (Å²) in [7, 11) is 0. The molecule has 3 rings (SSSR count). The molecule has 1 aromatic carbocycles. The minimum absolute atomic E-state index is 0.0726. The van der Waals surface area contributed by atoms with E-state index in [-0.39, 0.29) is 24.2 Å². The summed E-state index contributed by atoms with van der Waals surface area (Å²) < 4.78 is 5.36. The van der Waals surface area contributed by atoms with Crippen molar-refractivity contribution in [1.82, 2.24) is 15.1 Å². The number of carboxylic acid groups (broad SMARTS) is 1. The number of ether oxygens (including phenoxy) is 1. The number of H-pyrrole nitrogens is 1. The van der Waals surface area contributed by atoms with E-state index in [1.165, 1.54) is 6.20 Å². The molecule has 126 valence electrons. The fourth-order valence-corrected chi connectivity index (χ4v) is 2.97. The summed E-state index contributed by atoms with van der Waals surface area (Å²) in [6, 6.07) is 9.49. The van der Waals surface area contributed by atoms with Crippen molar-refractivity contribution in [2.24, 2.45) is 0 Å². The Morgan fingerprint density at radius 1 is 1.33 bits per heavy atom. The number of likely N-dealkylation sites (tertiary alicyclic amines) is 1. The highest BCUT2D eigenvalue weighted by Crippen LogP contribution is 2.28. The van der Waals surface area contributed by atoms with Gasteiger partial charge in [-0.15, -0.1) is 0 Å². The lowest BCUT2D eigenvalue weighted by Crippen LogP contribution is -2.39. The molecule has 0 aliphatic carbocycles. The molecule has 2 heterocycles. The minimum Gasteiger partial charge on any atom is -0.478 e. The summed E-state index contributed by atoms with van der Waals surface area (Å²) in [5.74, 6) is -1.08. The van der Waals surface area contributed by atoms with Crippen LogP contribution in [0.1, 0.15) is 40.4 Å². The molecule has 1 saturated heterocycles. The zero-order valence-corrected chi connectivity index (χ0v) is 13.1. The molecule has 0 saturated carbocycles. The molecule has 7 heteroatoms. The van der Waals surface area contributed by atoms with Gasteiger partial charge in [0.2, 0.25) is 0 Å². The number of aromatic amines is 1. The van der Waals surface area contributed by atoms with Crippen LogP contribution in [0.25, 0.3) is 0 Å². The first-order valence-corrected chi connectivity index (χ1v) is 7.87. The van der Waals surface area contributed by atoms with E-state index in [1.54, 1.807) is 4.90 Å². The molecule has 1 amide bonds. The van der Waals surface area contributed by atoms with Crippen molar-refractivity contribution in [2.75, 3.05) is 13.1 Å². The molecule has 0 radical (unpaired) electrons. The maximum absolute atomic E-state index is 12.3. The standard InChI is InChI=1S/C17H19N3O4/c21-16(22)14-9-18-19-15(14)13-7-4-8-20(10-13)17(23)24-11-12-5-2-1-3-6-12/h1-3,5-6,9,13H,4,7-8,10-11H2,(H,18,19)(H,21,22). The molecule has 24 heavy (non-hydrogen) atoms. The zero-order chi connectivity index (χ0) is 16.9. The van der Waals surface area contributed by atoms with Crippen molar-refractivity contribution in [1.29, 1.82) is 0 Å². The van der Waals surface area contributed by atoms with Crippen LogP contribution in [0.15, 0.2) is 36.5 Å². The minimum atomic E-state index is -1.01. The number of amides is 1. The lowest BCUT2D eigenvalue weighted by atomic mass is 9.93. The Morgan fingerprint density at radius 2 is 2.12 bits per heavy atom. The van der Waals surface area contributed by atoms with Crippen LogP contribution < -0.4 is 0 Å². The van der Waals surface area contributed by atoms with Crippen molar-refractivity contribution < 1.29 is 19.4 Å². The van der Waals surface area contributed by atoms with Gasteiger partial charge >= 0.3 is 12.1 Å². The molecule has 1 aromatic heterocycles. The van der Waals surface area contributed by atoms with E-state index in [0.29, 0.717) is 18.8 Å². The molecule has 0 spiro atoms. The number of hydrogen-bond donors (Lipinski definition) is 2. The molecule has 2 N–H and O–H groups in total. The number of carbonyl (C=O) groups is 2. The van der Waals surface area contributed by atoms with Gasteiger partial charge < -0.3 is 14.7 Å². The third-order valence-electron chi connectivity index (χ3n) is 4.19. The van der Waals surface area contributed by atoms with Gasteiger partial charge in [0.1, 0.15) is 12.2 Å². The number of rotatable bonds is 4. The highest BCUT2D eigenvalue weighted by molar-refractivity contribution is 5.88. The topological polar surface area (TPSA) is 95.5 Å². The van der Waals surface area contributed by atoms with E-state index < -0.39 is 5.97 Å². The Kier molecular flexibility index (Phi) is 4.79. The first-order valence-electron chi connectivity index (χ1n) is 7.87. The third-order valence-corrected chi connectivity index (χ3v) is 4.19. The predicted molar refractivity (Wildman–Crippen MR) is 85.7 cm³/mol. The fraction of sp³-hybridized carbons (Fsp3) is 0.353. The summed E-state index contributed by atoms with van der Waals surface area (Å²) in [4.78, 5) is 25.1. The van der Waals surface area contributed by atoms with Crippen LogP contribution in [0.3, 0.4) is 0 Å². The number of carboxylic acids is 1. The summed E-state index contributed by atoms with van der Waals surface area (Å²) >= 11 is 0. The molecule has 1 aliphatic rings. The fourth-order valence-electron chi connectivity index (χ4n) is 2.97. The summed E-state index contributed by atoms with van der Waals surface area (Å²) in [5, 5.41) is 15.8. The maximum atomic E-state index is 12.3. The van der Waals surface area contributed by atoms with Crippen molar-refractivity contribution in [3.63, 3.8) is 0 Å². The first kappa shape index (κ1) is 16.0. The summed E-state index contributed by atoms with van der Waals surface area (Å²) in [6.07, 6.45) is 2.54. The molecule has 0 bridgehead atoms. The number of aromatic carboxylic acids is 1. The molecule has 1 fully saturated rings. The second kappa shape index (κ2) is 7.16. The van der Waals surface area contributed by atoms with Gasteiger partial charge in [-0.25, -0.2) is 9.59 Å². The van der Waals surface area contributed by atoms with E-state index in [0.717, 1.165) is 18.4 Å². The predicted octanol–water partition coefficient (Wildman–Crippen LogP) is 2.62. The van der Waals surface area contributed by atoms with Crippen LogP contribution in [0.4, 0.5) is 4.79 Å². The molecular formula is C17H19N3O4. The summed E-state index contributed by atoms with van der Waals surface area (Å²) in [5.41, 5.74) is 1.67. The molecule has 1 atom stereocenters. The molecule has 1 aliphatic heterocycles. The smallest absolute Gasteiger partial charge is 0.410 e. The van der Waals surface area contributed by atoms with Gasteiger partial charge in [-0.3, -0.25) is 5.10 Å². The SMILES string of the molecule is O=C(O)c1cn[nH]c1C1CCCN(C(=O)OCc2ccccc2)C1. The Hall–Kier alpha value is -2.83. The normalized spacial score (nSPS) is 17.5. The number of piperidine rings is 1. The summed E-state index contributed by atoms with van der Waals surface area (Å²) in [6.45, 7) is 1.27. The number of hydrogen-bond acceptors (Lipinski definition) is 4. The van der Waals surface area contributed by atoms with Gasteiger partial charge in [0.15, 0.2) is 0 Å². The quantitative estimate of drug-likeness (QED) is 0.899. The average Bonchev–Trinajstić information content (AvgIpc) is 3.11. The number of nitrogens with one attached hydrogen (secondary N) is 1. The van der Waals surface area contributed by atoms with Crippen LogP contribution in [0, 0.1) is 0 Å². The van der Waals surface area contributed by atoms with Gasteiger partial charge in [-0.05, 0) is 18.4 Å². The highest BCUT2D eigenvalue weighted by atomic mass is 16.6. The van der Waals surface area contributed by atoms with Crippen molar-refractivity contribution in [3.05, 3.63) is 53.3 Å². The lowest BCUT2D eigenvalue weighted by molar-refractivity contribution is 0.0693. The van der Waals surface area contributed by atoms with E-state index in [9.17, 15) is 14.7 Å². The van der Waals surface area contributed by atoms with E-state index in [4.69, 9.17) is 4.74 Å². The molecular weight excluding hydrogens is 310 g/mol. The number of carbonyl (C=O) groups excluding carboxylic acids is 1. The van der Waals surface area contributed by atoms with Crippen molar-refractivity contribution in [2.45, 2.75) is 25.4 Å². The van der Waals surface area contributed by atoms with Gasteiger partial charge in [0.05, 0.1) is 11.9 Å². The second-order valence-electron chi connectivity index (χ2n) is 5.83. The Balaban J connectivity index is 1.61. The lowest BCUT2D eigenvalue weighted by Gasteiger charge is -2.31. The van der Waals surface area contributed by atoms with Gasteiger partial charge in [-0.1, -0.05) is 30.3 Å². The number of benzene rings is 1. The van der Waals surface area contributed by atoms with E-state index in [1.807, 2.05) is 30.3 Å². The van der Waals surface area contributed by atoms with Crippen LogP contribution in [0.5, 0.6) is 0 Å². The van der Waals surface area contributed by atoms with Gasteiger partial charge in [-0.2, -0.15) is 5.10 Å². The van der Waals surface area contributed by atoms with E-state index in [2.05, 4.69) is 10.2 Å². The maximum Gasteiger partial charge on any atom is 0.410 e. The van der Waals surface area contributed by atoms with Gasteiger partial charge in [0, 0.05) is 19.0 Å². The van der Waals surface area contributed by atoms with Crippen LogP contribution in [0.2, 0.25) is 0 Å². The largest absolute Gasteiger partial charge is 0.478 e. The zero-order valence-electron chi connectivity index (χ0n) is 13.1. The molecule has 1 unspecified atom stereocenters. The number of nitrogens with zero attached hydrogens (tertiary/aromatic N) is 2. The van der Waals surface area contributed by atoms with Gasteiger partial charge in [0.25, 0.3) is 0 Å². The van der Waals surface area contributed by atoms with Crippen molar-refractivity contribution in [3.8, 4) is 0 Å². The highest BCUT2D eigenvalue weighted by Gasteiger charge is 2.29. The van der Waals surface area contributed by atoms with E-state index >= 15 is 0 Å².